The number of nitrogens with zero attached hydrogens (tertiary/aromatic N) is 4. The maximum atomic E-state index is 6.69. The highest BCUT2D eigenvalue weighted by molar-refractivity contribution is 6.38. The van der Waals surface area contributed by atoms with Crippen molar-refractivity contribution in [2.24, 2.45) is 7.05 Å². The van der Waals surface area contributed by atoms with Gasteiger partial charge in [-0.1, -0.05) is 65.7 Å². The molecule has 4 nitrogen and oxygen atoms in total. The molecule has 24 heavy (non-hydrogen) atoms. The van der Waals surface area contributed by atoms with Crippen molar-refractivity contribution < 1.29 is 0 Å². The molecule has 0 aliphatic carbocycles. The van der Waals surface area contributed by atoms with E-state index in [-0.39, 0.29) is 0 Å². The van der Waals surface area contributed by atoms with Crippen LogP contribution in [0.1, 0.15) is 0 Å². The zero-order chi connectivity index (χ0) is 16.7. The van der Waals surface area contributed by atoms with Crippen LogP contribution in [0, 0.1) is 0 Å². The minimum atomic E-state index is 0.546. The molecule has 0 bridgehead atoms. The Hall–Kier alpha value is -2.43. The summed E-state index contributed by atoms with van der Waals surface area (Å²) in [4.78, 5) is 0. The Morgan fingerprint density at radius 2 is 1.46 bits per heavy atom. The molecule has 6 heteroatoms. The lowest BCUT2D eigenvalue weighted by Gasteiger charge is -2.05. The van der Waals surface area contributed by atoms with Gasteiger partial charge in [0.25, 0.3) is 0 Å². The molecular formula is C18H12Cl2N4. The number of benzene rings is 2. The zero-order valence-corrected chi connectivity index (χ0v) is 14.3. The molecule has 0 amide bonds. The second-order valence-electron chi connectivity index (χ2n) is 5.41. The van der Waals surface area contributed by atoms with Crippen LogP contribution in [0.4, 0.5) is 0 Å². The topological polar surface area (TPSA) is 43.6 Å². The third kappa shape index (κ3) is 2.44. The van der Waals surface area contributed by atoms with Crippen LogP contribution in [-0.4, -0.2) is 20.0 Å². The summed E-state index contributed by atoms with van der Waals surface area (Å²) >= 11 is 12.7. The van der Waals surface area contributed by atoms with Gasteiger partial charge in [0, 0.05) is 23.2 Å². The highest BCUT2D eigenvalue weighted by Gasteiger charge is 2.19. The van der Waals surface area contributed by atoms with Crippen LogP contribution >= 0.6 is 23.2 Å². The van der Waals surface area contributed by atoms with E-state index in [1.807, 2.05) is 61.6 Å². The molecule has 0 atom stereocenters. The van der Waals surface area contributed by atoms with E-state index in [0.717, 1.165) is 22.2 Å². The number of hydrogen-bond donors (Lipinski definition) is 0. The van der Waals surface area contributed by atoms with Crippen LogP contribution < -0.4 is 0 Å². The van der Waals surface area contributed by atoms with Gasteiger partial charge in [-0.2, -0.15) is 5.10 Å². The maximum Gasteiger partial charge on any atom is 0.182 e. The highest BCUT2D eigenvalue weighted by Crippen LogP contribution is 2.37. The van der Waals surface area contributed by atoms with Gasteiger partial charge < -0.3 is 0 Å². The number of halogens is 2. The van der Waals surface area contributed by atoms with Gasteiger partial charge in [0.15, 0.2) is 5.65 Å². The van der Waals surface area contributed by atoms with Gasteiger partial charge in [0.1, 0.15) is 11.4 Å². The molecular weight excluding hydrogens is 343 g/mol. The molecule has 0 spiro atoms. The van der Waals surface area contributed by atoms with Crippen LogP contribution in [-0.2, 0) is 7.05 Å². The van der Waals surface area contributed by atoms with Crippen molar-refractivity contribution in [3.63, 3.8) is 0 Å². The van der Waals surface area contributed by atoms with Crippen LogP contribution in [0.5, 0.6) is 0 Å². The van der Waals surface area contributed by atoms with Crippen molar-refractivity contribution in [1.29, 1.82) is 0 Å². The summed E-state index contributed by atoms with van der Waals surface area (Å²) in [5.74, 6) is 0. The van der Waals surface area contributed by atoms with Gasteiger partial charge >= 0.3 is 0 Å². The zero-order valence-electron chi connectivity index (χ0n) is 12.7. The third-order valence-corrected chi connectivity index (χ3v) is 4.47. The van der Waals surface area contributed by atoms with E-state index >= 15 is 0 Å². The van der Waals surface area contributed by atoms with Crippen molar-refractivity contribution in [3.05, 3.63) is 64.6 Å². The smallest absolute Gasteiger partial charge is 0.182 e. The molecule has 0 fully saturated rings. The summed E-state index contributed by atoms with van der Waals surface area (Å²) < 4.78 is 1.69. The van der Waals surface area contributed by atoms with Crippen molar-refractivity contribution in [2.75, 3.05) is 0 Å². The molecule has 4 rings (SSSR count). The first-order valence-electron chi connectivity index (χ1n) is 7.35. The predicted octanol–water partition coefficient (Wildman–Crippen LogP) is 5.00. The molecule has 0 aliphatic heterocycles. The van der Waals surface area contributed by atoms with Crippen molar-refractivity contribution in [3.8, 4) is 22.5 Å². The minimum Gasteiger partial charge on any atom is -0.248 e. The first-order chi connectivity index (χ1) is 11.6. The second kappa shape index (κ2) is 5.89. The Bertz CT molecular complexity index is 1020. The molecule has 2 aromatic heterocycles. The summed E-state index contributed by atoms with van der Waals surface area (Å²) in [6.07, 6.45) is 0. The van der Waals surface area contributed by atoms with E-state index < -0.39 is 0 Å². The monoisotopic (exact) mass is 354 g/mol. The van der Waals surface area contributed by atoms with Gasteiger partial charge in [-0.05, 0) is 12.1 Å². The Kier molecular flexibility index (Phi) is 3.71. The molecule has 2 heterocycles. The van der Waals surface area contributed by atoms with Crippen molar-refractivity contribution in [2.45, 2.75) is 0 Å². The lowest BCUT2D eigenvalue weighted by molar-refractivity contribution is 0.781. The Morgan fingerprint density at radius 1 is 0.792 bits per heavy atom. The lowest BCUT2D eigenvalue weighted by Crippen LogP contribution is -1.95. The first kappa shape index (κ1) is 15.1. The lowest BCUT2D eigenvalue weighted by atomic mass is 10.1. The molecule has 0 saturated heterocycles. The largest absolute Gasteiger partial charge is 0.248 e. The number of fused-ring (bicyclic) bond motifs is 1. The number of hydrogen-bond acceptors (Lipinski definition) is 3. The summed E-state index contributed by atoms with van der Waals surface area (Å²) in [6, 6.07) is 17.3. The Balaban J connectivity index is 2.00. The van der Waals surface area contributed by atoms with Crippen LogP contribution in [0.25, 0.3) is 33.5 Å². The standard InChI is InChI=1S/C18H12Cl2N4/c1-24-18-14(16(23-24)12-7-9-13(19)10-8-12)15(20)17(21-22-18)11-5-3-2-4-6-11/h2-10H,1H3. The summed E-state index contributed by atoms with van der Waals surface area (Å²) in [5.41, 5.74) is 3.90. The summed E-state index contributed by atoms with van der Waals surface area (Å²) in [5, 5.41) is 15.2. The third-order valence-electron chi connectivity index (χ3n) is 3.85. The normalized spacial score (nSPS) is 11.1. The van der Waals surface area contributed by atoms with E-state index in [4.69, 9.17) is 23.2 Å². The average Bonchev–Trinajstić information content (AvgIpc) is 2.94. The van der Waals surface area contributed by atoms with Crippen LogP contribution in [0.15, 0.2) is 54.6 Å². The SMILES string of the molecule is Cn1nc(-c2ccc(Cl)cc2)c2c(Cl)c(-c3ccccc3)nnc21. The highest BCUT2D eigenvalue weighted by atomic mass is 35.5. The molecule has 0 N–H and O–H groups in total. The minimum absolute atomic E-state index is 0.546. The quantitative estimate of drug-likeness (QED) is 0.508. The van der Waals surface area contributed by atoms with Gasteiger partial charge in [-0.3, -0.25) is 0 Å². The fourth-order valence-corrected chi connectivity index (χ4v) is 3.13. The van der Waals surface area contributed by atoms with Crippen LogP contribution in [0.3, 0.4) is 0 Å². The Labute approximate surface area is 148 Å². The van der Waals surface area contributed by atoms with E-state index in [1.54, 1.807) is 4.68 Å². The van der Waals surface area contributed by atoms with E-state index in [1.165, 1.54) is 0 Å². The van der Waals surface area contributed by atoms with Gasteiger partial charge in [-0.15, -0.1) is 10.2 Å². The molecule has 4 aromatic rings. The number of aromatic nitrogens is 4. The Morgan fingerprint density at radius 3 is 2.17 bits per heavy atom. The van der Waals surface area contributed by atoms with E-state index in [0.29, 0.717) is 21.4 Å². The number of rotatable bonds is 2. The van der Waals surface area contributed by atoms with E-state index in [2.05, 4.69) is 15.3 Å². The van der Waals surface area contributed by atoms with Crippen LogP contribution in [0.2, 0.25) is 10.0 Å². The van der Waals surface area contributed by atoms with Gasteiger partial charge in [-0.25, -0.2) is 4.68 Å². The van der Waals surface area contributed by atoms with Crippen molar-refractivity contribution >= 4 is 34.2 Å². The van der Waals surface area contributed by atoms with Gasteiger partial charge in [0.2, 0.25) is 0 Å². The molecule has 0 saturated carbocycles. The predicted molar refractivity (Wildman–Crippen MR) is 97.2 cm³/mol. The fourth-order valence-electron chi connectivity index (χ4n) is 2.68. The van der Waals surface area contributed by atoms with Gasteiger partial charge in [0.05, 0.1) is 10.4 Å². The number of aryl methyl sites for hydroxylation is 1. The molecule has 2 aromatic carbocycles. The second-order valence-corrected chi connectivity index (χ2v) is 6.22. The summed E-state index contributed by atoms with van der Waals surface area (Å²) in [7, 11) is 1.83. The average molecular weight is 355 g/mol. The van der Waals surface area contributed by atoms with E-state index in [9.17, 15) is 0 Å². The van der Waals surface area contributed by atoms with Crippen molar-refractivity contribution in [1.82, 2.24) is 20.0 Å². The maximum absolute atomic E-state index is 6.69. The first-order valence-corrected chi connectivity index (χ1v) is 8.11. The molecule has 0 unspecified atom stereocenters. The fraction of sp³-hybridized carbons (Fsp3) is 0.0556. The summed E-state index contributed by atoms with van der Waals surface area (Å²) in [6.45, 7) is 0. The molecule has 0 radical (unpaired) electrons. The molecule has 0 aliphatic rings. The molecule has 118 valence electrons.